The number of hydrogen-bond acceptors (Lipinski definition) is 4. The molecule has 0 unspecified atom stereocenters. The van der Waals surface area contributed by atoms with E-state index < -0.39 is 0 Å². The number of benzene rings is 2. The number of nitrogens with zero attached hydrogens (tertiary/aromatic N) is 1. The quantitative estimate of drug-likeness (QED) is 0.345. The van der Waals surface area contributed by atoms with Crippen LogP contribution in [0.5, 0.6) is 17.2 Å². The molecule has 2 aromatic rings. The van der Waals surface area contributed by atoms with Gasteiger partial charge in [0.15, 0.2) is 17.5 Å². The molecule has 2 rings (SSSR count). The molecule has 28 heavy (non-hydrogen) atoms. The van der Waals surface area contributed by atoms with Gasteiger partial charge < -0.3 is 24.8 Å². The lowest BCUT2D eigenvalue weighted by Gasteiger charge is -2.17. The minimum Gasteiger partial charge on any atom is -0.493 e. The SMILES string of the molecule is CN=C(NCc1ccc(C)cc1C)NCc1ccc(OC)c(OC)c1OC.I. The van der Waals surface area contributed by atoms with Crippen molar-refractivity contribution in [3.8, 4) is 17.2 Å². The third kappa shape index (κ3) is 5.92. The van der Waals surface area contributed by atoms with Crippen molar-refractivity contribution < 1.29 is 14.2 Å². The monoisotopic (exact) mass is 499 g/mol. The minimum atomic E-state index is 0. The lowest BCUT2D eigenvalue weighted by Crippen LogP contribution is -2.36. The van der Waals surface area contributed by atoms with Crippen molar-refractivity contribution in [2.24, 2.45) is 4.99 Å². The van der Waals surface area contributed by atoms with E-state index in [0.717, 1.165) is 5.56 Å². The first-order valence-corrected chi connectivity index (χ1v) is 8.82. The van der Waals surface area contributed by atoms with Gasteiger partial charge in [-0.3, -0.25) is 4.99 Å². The highest BCUT2D eigenvalue weighted by Gasteiger charge is 2.15. The maximum atomic E-state index is 5.53. The average molecular weight is 499 g/mol. The topological polar surface area (TPSA) is 64.1 Å². The van der Waals surface area contributed by atoms with Crippen LogP contribution in [0.3, 0.4) is 0 Å². The predicted molar refractivity (Wildman–Crippen MR) is 124 cm³/mol. The zero-order chi connectivity index (χ0) is 19.8. The van der Waals surface area contributed by atoms with E-state index in [2.05, 4.69) is 47.7 Å². The molecule has 0 aliphatic rings. The lowest BCUT2D eigenvalue weighted by atomic mass is 10.1. The van der Waals surface area contributed by atoms with Gasteiger partial charge in [0.2, 0.25) is 5.75 Å². The van der Waals surface area contributed by atoms with Crippen LogP contribution < -0.4 is 24.8 Å². The molecule has 0 bridgehead atoms. The van der Waals surface area contributed by atoms with Gasteiger partial charge in [-0.2, -0.15) is 0 Å². The van der Waals surface area contributed by atoms with Crippen molar-refractivity contribution in [2.75, 3.05) is 28.4 Å². The Bertz CT molecular complexity index is 810. The largest absolute Gasteiger partial charge is 0.493 e. The molecule has 2 aromatic carbocycles. The first kappa shape index (κ1) is 23.9. The summed E-state index contributed by atoms with van der Waals surface area (Å²) in [6.45, 7) is 5.46. The second-order valence-corrected chi connectivity index (χ2v) is 6.20. The highest BCUT2D eigenvalue weighted by molar-refractivity contribution is 14.0. The molecule has 0 heterocycles. The van der Waals surface area contributed by atoms with Crippen molar-refractivity contribution in [1.82, 2.24) is 10.6 Å². The summed E-state index contributed by atoms with van der Waals surface area (Å²) in [4.78, 5) is 4.29. The summed E-state index contributed by atoms with van der Waals surface area (Å²) in [5, 5.41) is 6.66. The Morgan fingerprint density at radius 1 is 0.857 bits per heavy atom. The Labute approximate surface area is 184 Å². The fourth-order valence-corrected chi connectivity index (χ4v) is 2.93. The number of hydrogen-bond donors (Lipinski definition) is 2. The van der Waals surface area contributed by atoms with Crippen LogP contribution in [0, 0.1) is 13.8 Å². The first-order chi connectivity index (χ1) is 13.0. The van der Waals surface area contributed by atoms with Crippen molar-refractivity contribution >= 4 is 29.9 Å². The van der Waals surface area contributed by atoms with E-state index >= 15 is 0 Å². The van der Waals surface area contributed by atoms with E-state index in [1.54, 1.807) is 28.4 Å². The number of nitrogens with one attached hydrogen (secondary N) is 2. The second-order valence-electron chi connectivity index (χ2n) is 6.20. The third-order valence-corrected chi connectivity index (χ3v) is 4.40. The van der Waals surface area contributed by atoms with Crippen LogP contribution in [0.25, 0.3) is 0 Å². The van der Waals surface area contributed by atoms with Gasteiger partial charge >= 0.3 is 0 Å². The maximum Gasteiger partial charge on any atom is 0.203 e. The van der Waals surface area contributed by atoms with Crippen LogP contribution in [0.1, 0.15) is 22.3 Å². The van der Waals surface area contributed by atoms with Crippen LogP contribution in [0.15, 0.2) is 35.3 Å². The first-order valence-electron chi connectivity index (χ1n) is 8.82. The summed E-state index contributed by atoms with van der Waals surface area (Å²) < 4.78 is 16.3. The Morgan fingerprint density at radius 3 is 2.00 bits per heavy atom. The molecule has 0 aromatic heterocycles. The summed E-state index contributed by atoms with van der Waals surface area (Å²) in [6, 6.07) is 10.3. The summed E-state index contributed by atoms with van der Waals surface area (Å²) >= 11 is 0. The normalized spacial score (nSPS) is 10.7. The number of ether oxygens (including phenoxy) is 3. The Hall–Kier alpha value is -2.16. The molecule has 0 radical (unpaired) electrons. The molecule has 0 aliphatic carbocycles. The van der Waals surface area contributed by atoms with Crippen molar-refractivity contribution in [2.45, 2.75) is 26.9 Å². The van der Waals surface area contributed by atoms with Gasteiger partial charge in [0.05, 0.1) is 21.3 Å². The fraction of sp³-hybridized carbons (Fsp3) is 0.381. The second kappa shape index (κ2) is 11.6. The number of guanidine groups is 1. The number of halogens is 1. The number of aliphatic imine (C=N–C) groups is 1. The van der Waals surface area contributed by atoms with E-state index in [1.165, 1.54) is 16.7 Å². The van der Waals surface area contributed by atoms with Gasteiger partial charge in [-0.1, -0.05) is 23.8 Å². The van der Waals surface area contributed by atoms with Gasteiger partial charge in [0.1, 0.15) is 0 Å². The lowest BCUT2D eigenvalue weighted by molar-refractivity contribution is 0.322. The molecular formula is C21H30IN3O3. The van der Waals surface area contributed by atoms with Crippen molar-refractivity contribution in [1.29, 1.82) is 0 Å². The Morgan fingerprint density at radius 2 is 1.46 bits per heavy atom. The summed E-state index contributed by atoms with van der Waals surface area (Å²) in [5.41, 5.74) is 4.72. The average Bonchev–Trinajstić information content (AvgIpc) is 2.68. The summed E-state index contributed by atoms with van der Waals surface area (Å²) in [7, 11) is 6.58. The molecule has 0 amide bonds. The van der Waals surface area contributed by atoms with Gasteiger partial charge in [0, 0.05) is 25.7 Å². The van der Waals surface area contributed by atoms with Crippen LogP contribution in [0.2, 0.25) is 0 Å². The number of aryl methyl sites for hydroxylation is 2. The molecule has 6 nitrogen and oxygen atoms in total. The van der Waals surface area contributed by atoms with Gasteiger partial charge in [-0.15, -0.1) is 24.0 Å². The maximum absolute atomic E-state index is 5.53. The molecule has 7 heteroatoms. The molecule has 0 aliphatic heterocycles. The van der Waals surface area contributed by atoms with Crippen LogP contribution in [0.4, 0.5) is 0 Å². The van der Waals surface area contributed by atoms with Gasteiger partial charge in [-0.25, -0.2) is 0 Å². The summed E-state index contributed by atoms with van der Waals surface area (Å²) in [6.07, 6.45) is 0. The predicted octanol–water partition coefficient (Wildman–Crippen LogP) is 3.81. The number of methoxy groups -OCH3 is 3. The van der Waals surface area contributed by atoms with E-state index in [-0.39, 0.29) is 24.0 Å². The van der Waals surface area contributed by atoms with E-state index in [4.69, 9.17) is 14.2 Å². The summed E-state index contributed by atoms with van der Waals surface area (Å²) in [5.74, 6) is 2.58. The minimum absolute atomic E-state index is 0. The van der Waals surface area contributed by atoms with Gasteiger partial charge in [0.25, 0.3) is 0 Å². The van der Waals surface area contributed by atoms with Crippen LogP contribution in [-0.4, -0.2) is 34.3 Å². The molecular weight excluding hydrogens is 469 g/mol. The molecule has 0 fully saturated rings. The molecule has 0 saturated carbocycles. The molecule has 0 atom stereocenters. The number of rotatable bonds is 7. The van der Waals surface area contributed by atoms with E-state index in [1.807, 2.05) is 12.1 Å². The van der Waals surface area contributed by atoms with Crippen molar-refractivity contribution in [3.63, 3.8) is 0 Å². The van der Waals surface area contributed by atoms with Crippen molar-refractivity contribution in [3.05, 3.63) is 52.6 Å². The Balaban J connectivity index is 0.00000392. The Kier molecular flexibility index (Phi) is 9.92. The molecule has 154 valence electrons. The van der Waals surface area contributed by atoms with E-state index in [0.29, 0.717) is 36.3 Å². The fourth-order valence-electron chi connectivity index (χ4n) is 2.93. The molecule has 2 N–H and O–H groups in total. The highest BCUT2D eigenvalue weighted by Crippen LogP contribution is 2.39. The standard InChI is InChI=1S/C21H29N3O3.HI/c1-14-7-8-16(15(2)11-14)12-23-21(22-3)24-13-17-9-10-18(25-4)20(27-6)19(17)26-5;/h7-11H,12-13H2,1-6H3,(H2,22,23,24);1H. The van der Waals surface area contributed by atoms with Gasteiger partial charge in [-0.05, 0) is 37.1 Å². The molecule has 0 saturated heterocycles. The molecule has 0 spiro atoms. The van der Waals surface area contributed by atoms with Crippen LogP contribution >= 0.6 is 24.0 Å². The smallest absolute Gasteiger partial charge is 0.203 e. The van der Waals surface area contributed by atoms with E-state index in [9.17, 15) is 0 Å². The zero-order valence-corrected chi connectivity index (χ0v) is 19.7. The zero-order valence-electron chi connectivity index (χ0n) is 17.4. The third-order valence-electron chi connectivity index (χ3n) is 4.40. The highest BCUT2D eigenvalue weighted by atomic mass is 127. The van der Waals surface area contributed by atoms with Crippen LogP contribution in [-0.2, 0) is 13.1 Å².